The van der Waals surface area contributed by atoms with E-state index in [4.69, 9.17) is 27.6 Å². The van der Waals surface area contributed by atoms with Gasteiger partial charge in [-0.05, 0) is 56.2 Å². The average molecular weight is 479 g/mol. The quantitative estimate of drug-likeness (QED) is 0.323. The predicted octanol–water partition coefficient (Wildman–Crippen LogP) is 6.80. The Hall–Kier alpha value is -2.84. The van der Waals surface area contributed by atoms with Crippen molar-refractivity contribution in [1.29, 1.82) is 0 Å². The Labute approximate surface area is 190 Å². The summed E-state index contributed by atoms with van der Waals surface area (Å²) in [4.78, 5) is 4.66. The van der Waals surface area contributed by atoms with Gasteiger partial charge in [0, 0.05) is 16.3 Å². The van der Waals surface area contributed by atoms with E-state index in [-0.39, 0.29) is 24.4 Å². The fraction of sp³-hybridized carbons (Fsp3) is 0.227. The minimum atomic E-state index is -4.45. The maximum atomic E-state index is 13.5. The lowest BCUT2D eigenvalue weighted by atomic mass is 10.1. The van der Waals surface area contributed by atoms with Crippen LogP contribution in [0.1, 0.15) is 24.4 Å². The molecule has 5 rings (SSSR count). The van der Waals surface area contributed by atoms with Crippen LogP contribution in [-0.2, 0) is 5.41 Å². The molecule has 0 saturated heterocycles. The van der Waals surface area contributed by atoms with Gasteiger partial charge in [-0.1, -0.05) is 35.3 Å². The zero-order valence-corrected chi connectivity index (χ0v) is 18.1. The standard InChI is InChI=1S/C22H15Cl2F3N4O/c1-12-17(19-29-30-20(32-19)21(10-11-21)22(25,26)27)28-18(15-4-2-3-5-16(15)24)31(12)14-8-6-13(23)7-9-14/h2-9H,10-11H2,1H3. The molecule has 0 spiro atoms. The Morgan fingerprint density at radius 3 is 2.31 bits per heavy atom. The van der Waals surface area contributed by atoms with E-state index in [1.807, 2.05) is 28.8 Å². The van der Waals surface area contributed by atoms with E-state index in [9.17, 15) is 13.2 Å². The molecule has 32 heavy (non-hydrogen) atoms. The first-order valence-electron chi connectivity index (χ1n) is 9.72. The lowest BCUT2D eigenvalue weighted by Crippen LogP contribution is -2.28. The molecule has 0 N–H and O–H groups in total. The van der Waals surface area contributed by atoms with Crippen LogP contribution in [0.25, 0.3) is 28.7 Å². The summed E-state index contributed by atoms with van der Waals surface area (Å²) in [6.45, 7) is 1.78. The monoisotopic (exact) mass is 478 g/mol. The van der Waals surface area contributed by atoms with E-state index in [2.05, 4.69) is 15.2 Å². The minimum Gasteiger partial charge on any atom is -0.418 e. The third-order valence-electron chi connectivity index (χ3n) is 5.64. The molecule has 5 nitrogen and oxygen atoms in total. The molecule has 0 unspecified atom stereocenters. The maximum Gasteiger partial charge on any atom is 0.403 e. The van der Waals surface area contributed by atoms with Gasteiger partial charge in [0.15, 0.2) is 0 Å². The summed E-state index contributed by atoms with van der Waals surface area (Å²) in [5.41, 5.74) is 0.221. The van der Waals surface area contributed by atoms with Crippen molar-refractivity contribution in [1.82, 2.24) is 19.7 Å². The van der Waals surface area contributed by atoms with Crippen LogP contribution in [0.2, 0.25) is 10.0 Å². The Balaban J connectivity index is 1.68. The molecule has 0 atom stereocenters. The second-order valence-corrected chi connectivity index (χ2v) is 8.50. The van der Waals surface area contributed by atoms with Crippen molar-refractivity contribution >= 4 is 23.2 Å². The van der Waals surface area contributed by atoms with Gasteiger partial charge >= 0.3 is 6.18 Å². The van der Waals surface area contributed by atoms with E-state index < -0.39 is 17.5 Å². The van der Waals surface area contributed by atoms with Crippen LogP contribution in [0.15, 0.2) is 52.9 Å². The lowest BCUT2D eigenvalue weighted by Gasteiger charge is -2.14. The molecule has 4 aromatic rings. The van der Waals surface area contributed by atoms with Crippen LogP contribution in [0.5, 0.6) is 0 Å². The second-order valence-electron chi connectivity index (χ2n) is 7.65. The third kappa shape index (κ3) is 3.29. The van der Waals surface area contributed by atoms with Gasteiger partial charge in [0.2, 0.25) is 5.89 Å². The highest BCUT2D eigenvalue weighted by Crippen LogP contribution is 2.58. The fourth-order valence-electron chi connectivity index (χ4n) is 3.69. The first-order chi connectivity index (χ1) is 15.2. The van der Waals surface area contributed by atoms with Crippen molar-refractivity contribution < 1.29 is 17.6 Å². The number of hydrogen-bond acceptors (Lipinski definition) is 4. The highest BCUT2D eigenvalue weighted by atomic mass is 35.5. The molecule has 1 fully saturated rings. The molecule has 0 aliphatic heterocycles. The molecule has 0 bridgehead atoms. The summed E-state index contributed by atoms with van der Waals surface area (Å²) >= 11 is 12.5. The topological polar surface area (TPSA) is 56.7 Å². The van der Waals surface area contributed by atoms with Gasteiger partial charge in [0.25, 0.3) is 5.89 Å². The number of rotatable bonds is 4. The van der Waals surface area contributed by atoms with Gasteiger partial charge in [-0.2, -0.15) is 13.2 Å². The Morgan fingerprint density at radius 1 is 1.00 bits per heavy atom. The number of nitrogens with zero attached hydrogens (tertiary/aromatic N) is 4. The number of hydrogen-bond donors (Lipinski definition) is 0. The second kappa shape index (κ2) is 7.35. The molecule has 2 heterocycles. The Kier molecular flexibility index (Phi) is 4.83. The SMILES string of the molecule is Cc1c(-c2nnc(C3(C(F)(F)F)CC3)o2)nc(-c2ccccc2Cl)n1-c1ccc(Cl)cc1. The molecule has 0 radical (unpaired) electrons. The van der Waals surface area contributed by atoms with Gasteiger partial charge in [-0.15, -0.1) is 10.2 Å². The average Bonchev–Trinajstić information content (AvgIpc) is 3.32. The molecular formula is C22H15Cl2F3N4O. The normalized spacial score (nSPS) is 15.2. The molecule has 1 saturated carbocycles. The number of benzene rings is 2. The molecule has 10 heteroatoms. The zero-order valence-electron chi connectivity index (χ0n) is 16.6. The summed E-state index contributed by atoms with van der Waals surface area (Å²) in [5, 5.41) is 8.65. The molecule has 0 amide bonds. The van der Waals surface area contributed by atoms with E-state index in [1.54, 1.807) is 31.2 Å². The predicted molar refractivity (Wildman–Crippen MR) is 114 cm³/mol. The highest BCUT2D eigenvalue weighted by molar-refractivity contribution is 6.33. The Bertz CT molecular complexity index is 1310. The van der Waals surface area contributed by atoms with Gasteiger partial charge < -0.3 is 4.42 Å². The summed E-state index contributed by atoms with van der Waals surface area (Å²) in [6, 6.07) is 14.2. The van der Waals surface area contributed by atoms with E-state index in [1.165, 1.54) is 0 Å². The van der Waals surface area contributed by atoms with Gasteiger partial charge in [-0.3, -0.25) is 4.57 Å². The van der Waals surface area contributed by atoms with Crippen molar-refractivity contribution in [3.63, 3.8) is 0 Å². The molecular weight excluding hydrogens is 464 g/mol. The zero-order chi connectivity index (χ0) is 22.7. The molecule has 2 aromatic heterocycles. The highest BCUT2D eigenvalue weighted by Gasteiger charge is 2.68. The summed E-state index contributed by atoms with van der Waals surface area (Å²) in [6.07, 6.45) is -4.58. The first-order valence-corrected chi connectivity index (χ1v) is 10.5. The van der Waals surface area contributed by atoms with Crippen LogP contribution in [-0.4, -0.2) is 25.9 Å². The Morgan fingerprint density at radius 2 is 1.69 bits per heavy atom. The van der Waals surface area contributed by atoms with Crippen molar-refractivity contribution in [3.8, 4) is 28.7 Å². The number of aromatic nitrogens is 4. The summed E-state index contributed by atoms with van der Waals surface area (Å²) in [5.74, 6) is -0.0177. The van der Waals surface area contributed by atoms with Crippen LogP contribution in [0.4, 0.5) is 13.2 Å². The number of alkyl halides is 3. The fourth-order valence-corrected chi connectivity index (χ4v) is 4.04. The molecule has 1 aliphatic carbocycles. The number of imidazole rings is 1. The van der Waals surface area contributed by atoms with Crippen molar-refractivity contribution in [2.45, 2.75) is 31.4 Å². The van der Waals surface area contributed by atoms with Gasteiger partial charge in [0.1, 0.15) is 16.9 Å². The van der Waals surface area contributed by atoms with Crippen LogP contribution < -0.4 is 0 Å². The number of halogens is 5. The van der Waals surface area contributed by atoms with E-state index >= 15 is 0 Å². The third-order valence-corrected chi connectivity index (χ3v) is 6.22. The minimum absolute atomic E-state index is 0.0683. The van der Waals surface area contributed by atoms with E-state index in [0.717, 1.165) is 5.69 Å². The maximum absolute atomic E-state index is 13.5. The summed E-state index contributed by atoms with van der Waals surface area (Å²) in [7, 11) is 0. The van der Waals surface area contributed by atoms with Crippen LogP contribution in [0.3, 0.4) is 0 Å². The largest absolute Gasteiger partial charge is 0.418 e. The van der Waals surface area contributed by atoms with Crippen molar-refractivity contribution in [3.05, 3.63) is 70.2 Å². The van der Waals surface area contributed by atoms with Crippen molar-refractivity contribution in [2.75, 3.05) is 0 Å². The lowest BCUT2D eigenvalue weighted by molar-refractivity contribution is -0.165. The molecule has 164 valence electrons. The van der Waals surface area contributed by atoms with Gasteiger partial charge in [0.05, 0.1) is 10.7 Å². The molecule has 1 aliphatic rings. The van der Waals surface area contributed by atoms with Crippen molar-refractivity contribution in [2.24, 2.45) is 0 Å². The smallest absolute Gasteiger partial charge is 0.403 e. The van der Waals surface area contributed by atoms with Crippen LogP contribution >= 0.6 is 23.2 Å². The van der Waals surface area contributed by atoms with E-state index in [0.29, 0.717) is 27.1 Å². The molecule has 2 aromatic carbocycles. The first kappa shape index (κ1) is 21.0. The van der Waals surface area contributed by atoms with Crippen LogP contribution in [0, 0.1) is 6.92 Å². The van der Waals surface area contributed by atoms with Gasteiger partial charge in [-0.25, -0.2) is 4.98 Å². The summed E-state index contributed by atoms with van der Waals surface area (Å²) < 4.78 is 47.8.